The number of aliphatic hydroxyl groups excluding tert-OH is 1. The largest absolute Gasteiger partial charge is 0.497 e. The van der Waals surface area contributed by atoms with Crippen molar-refractivity contribution in [2.24, 2.45) is 0 Å². The summed E-state index contributed by atoms with van der Waals surface area (Å²) in [7, 11) is 4.76. The van der Waals surface area contributed by atoms with E-state index in [0.29, 0.717) is 22.6 Å². The maximum atomic E-state index is 13.6. The third-order valence-electron chi connectivity index (χ3n) is 9.22. The molecule has 1 amide bonds. The molecule has 4 unspecified atom stereocenters. The highest BCUT2D eigenvalue weighted by Crippen LogP contribution is 2.43. The molecule has 53 heavy (non-hydrogen) atoms. The summed E-state index contributed by atoms with van der Waals surface area (Å²) in [4.78, 5) is 30.6. The van der Waals surface area contributed by atoms with Crippen LogP contribution in [0.4, 0.5) is 5.82 Å². The molecule has 5 aromatic rings. The Balaban J connectivity index is 1.35. The van der Waals surface area contributed by atoms with Crippen molar-refractivity contribution in [3.8, 4) is 11.5 Å². The predicted molar refractivity (Wildman–Crippen MR) is 197 cm³/mol. The standard InChI is InChI=1S/C41H43N3O9/c1-27-25-44(40(47)43-37(27)42-38(46)28-11-7-5-8-12-28)39-36(51-24-23-48-2)35(45)34(53-39)26-52-41(29-13-9-6-10-14-29,30-15-19-32(49-3)20-16-30)31-17-21-33(50-4)22-18-31/h5-22,25,34-36,39,45H,23-24,26H2,1-4H3,(H,42,43,46,47). The molecule has 1 aliphatic heterocycles. The van der Waals surface area contributed by atoms with Crippen molar-refractivity contribution in [1.29, 1.82) is 0 Å². The number of hydrogen-bond donors (Lipinski definition) is 2. The molecule has 1 fully saturated rings. The van der Waals surface area contributed by atoms with Crippen LogP contribution < -0.4 is 20.5 Å². The smallest absolute Gasteiger partial charge is 0.351 e. The lowest BCUT2D eigenvalue weighted by Gasteiger charge is -2.37. The molecule has 2 N–H and O–H groups in total. The Labute approximate surface area is 307 Å². The number of hydrogen-bond acceptors (Lipinski definition) is 10. The molecule has 4 aromatic carbocycles. The van der Waals surface area contributed by atoms with E-state index in [1.807, 2.05) is 78.9 Å². The summed E-state index contributed by atoms with van der Waals surface area (Å²) in [6.07, 6.45) is -2.71. The Morgan fingerprint density at radius 1 is 0.830 bits per heavy atom. The van der Waals surface area contributed by atoms with E-state index < -0.39 is 41.7 Å². The Morgan fingerprint density at radius 3 is 1.96 bits per heavy atom. The van der Waals surface area contributed by atoms with Crippen molar-refractivity contribution < 1.29 is 38.3 Å². The summed E-state index contributed by atoms with van der Waals surface area (Å²) >= 11 is 0. The number of carbonyl (C=O) groups excluding carboxylic acids is 1. The van der Waals surface area contributed by atoms with Crippen molar-refractivity contribution in [3.63, 3.8) is 0 Å². The Hall–Kier alpha value is -5.37. The zero-order valence-electron chi connectivity index (χ0n) is 30.0. The Kier molecular flexibility index (Phi) is 12.0. The van der Waals surface area contributed by atoms with E-state index in [9.17, 15) is 14.7 Å². The highest BCUT2D eigenvalue weighted by atomic mass is 16.6. The molecule has 12 nitrogen and oxygen atoms in total. The number of nitrogens with one attached hydrogen (secondary N) is 1. The number of aromatic nitrogens is 2. The van der Waals surface area contributed by atoms with Crippen molar-refractivity contribution in [2.45, 2.75) is 37.1 Å². The first-order chi connectivity index (χ1) is 25.8. The van der Waals surface area contributed by atoms with Crippen LogP contribution in [0.25, 0.3) is 0 Å². The lowest BCUT2D eigenvalue weighted by molar-refractivity contribution is -0.0994. The number of methoxy groups -OCH3 is 3. The third kappa shape index (κ3) is 8.02. The number of aryl methyl sites for hydroxylation is 1. The molecule has 0 bridgehead atoms. The zero-order valence-corrected chi connectivity index (χ0v) is 30.0. The maximum Gasteiger partial charge on any atom is 0.351 e. The number of nitrogens with zero attached hydrogens (tertiary/aromatic N) is 2. The normalized spacial score (nSPS) is 18.4. The van der Waals surface area contributed by atoms with Crippen LogP contribution in [0.15, 0.2) is 120 Å². The average Bonchev–Trinajstić information content (AvgIpc) is 3.51. The summed E-state index contributed by atoms with van der Waals surface area (Å²) in [6, 6.07) is 33.6. The minimum Gasteiger partial charge on any atom is -0.497 e. The SMILES string of the molecule is COCCOC1C(O)C(COC(c2ccccc2)(c2ccc(OC)cc2)c2ccc(OC)cc2)OC1n1cc(C)c(NC(=O)c2ccccc2)nc1=O. The first kappa shape index (κ1) is 37.4. The highest BCUT2D eigenvalue weighted by molar-refractivity contribution is 6.04. The second kappa shape index (κ2) is 17.0. The zero-order chi connectivity index (χ0) is 37.4. The third-order valence-corrected chi connectivity index (χ3v) is 9.22. The van der Waals surface area contributed by atoms with Gasteiger partial charge in [-0.3, -0.25) is 9.36 Å². The molecule has 1 aliphatic rings. The maximum absolute atomic E-state index is 13.6. The number of aliphatic hydroxyl groups is 1. The monoisotopic (exact) mass is 721 g/mol. The number of rotatable bonds is 15. The van der Waals surface area contributed by atoms with Crippen LogP contribution in [0, 0.1) is 6.92 Å². The Morgan fingerprint density at radius 2 is 1.40 bits per heavy atom. The van der Waals surface area contributed by atoms with Gasteiger partial charge in [-0.1, -0.05) is 72.8 Å². The number of carbonyl (C=O) groups is 1. The van der Waals surface area contributed by atoms with Crippen LogP contribution in [-0.4, -0.2) is 80.0 Å². The molecular formula is C41H43N3O9. The van der Waals surface area contributed by atoms with Gasteiger partial charge in [0.15, 0.2) is 6.23 Å². The summed E-state index contributed by atoms with van der Waals surface area (Å²) in [6.45, 7) is 1.98. The van der Waals surface area contributed by atoms with Crippen molar-refractivity contribution >= 4 is 11.7 Å². The van der Waals surface area contributed by atoms with E-state index in [0.717, 1.165) is 16.7 Å². The highest BCUT2D eigenvalue weighted by Gasteiger charge is 2.48. The van der Waals surface area contributed by atoms with Crippen LogP contribution in [0.2, 0.25) is 0 Å². The van der Waals surface area contributed by atoms with Crippen LogP contribution in [0.5, 0.6) is 11.5 Å². The fraction of sp³-hybridized carbons (Fsp3) is 0.293. The van der Waals surface area contributed by atoms with Gasteiger partial charge in [-0.2, -0.15) is 4.98 Å². The van der Waals surface area contributed by atoms with Gasteiger partial charge >= 0.3 is 5.69 Å². The molecule has 12 heteroatoms. The number of amides is 1. The van der Waals surface area contributed by atoms with Crippen LogP contribution in [-0.2, 0) is 24.5 Å². The molecule has 0 spiro atoms. The lowest BCUT2D eigenvalue weighted by atomic mass is 9.80. The van der Waals surface area contributed by atoms with E-state index in [-0.39, 0.29) is 25.6 Å². The molecule has 0 aliphatic carbocycles. The van der Waals surface area contributed by atoms with Gasteiger partial charge in [0.25, 0.3) is 5.91 Å². The first-order valence-corrected chi connectivity index (χ1v) is 17.2. The predicted octanol–water partition coefficient (Wildman–Crippen LogP) is 5.12. The minimum absolute atomic E-state index is 0.110. The average molecular weight is 722 g/mol. The van der Waals surface area contributed by atoms with Crippen LogP contribution in [0.1, 0.15) is 38.8 Å². The molecule has 276 valence electrons. The van der Waals surface area contributed by atoms with Gasteiger partial charge in [-0.15, -0.1) is 0 Å². The van der Waals surface area contributed by atoms with Crippen molar-refractivity contribution in [3.05, 3.63) is 154 Å². The first-order valence-electron chi connectivity index (χ1n) is 17.2. The molecule has 1 aromatic heterocycles. The molecule has 0 radical (unpaired) electrons. The quantitative estimate of drug-likeness (QED) is 0.111. The lowest BCUT2D eigenvalue weighted by Crippen LogP contribution is -2.41. The van der Waals surface area contributed by atoms with Gasteiger partial charge in [-0.05, 0) is 60.0 Å². The summed E-state index contributed by atoms with van der Waals surface area (Å²) in [5.41, 5.74) is 1.48. The minimum atomic E-state index is -1.22. The Bertz CT molecular complexity index is 1960. The van der Waals surface area contributed by atoms with Crippen molar-refractivity contribution in [2.75, 3.05) is 46.5 Å². The fourth-order valence-corrected chi connectivity index (χ4v) is 6.45. The fourth-order valence-electron chi connectivity index (χ4n) is 6.45. The number of ether oxygens (including phenoxy) is 6. The summed E-state index contributed by atoms with van der Waals surface area (Å²) in [5.74, 6) is 1.07. The summed E-state index contributed by atoms with van der Waals surface area (Å²) < 4.78 is 37.0. The molecular weight excluding hydrogens is 678 g/mol. The molecule has 2 heterocycles. The van der Waals surface area contributed by atoms with Gasteiger partial charge in [0.1, 0.15) is 41.2 Å². The molecule has 1 saturated heterocycles. The second-order valence-electron chi connectivity index (χ2n) is 12.5. The van der Waals surface area contributed by atoms with Crippen LogP contribution >= 0.6 is 0 Å². The molecule has 6 rings (SSSR count). The molecule has 0 saturated carbocycles. The van der Waals surface area contributed by atoms with E-state index in [1.165, 1.54) is 10.8 Å². The van der Waals surface area contributed by atoms with Gasteiger partial charge in [0.2, 0.25) is 0 Å². The van der Waals surface area contributed by atoms with Crippen molar-refractivity contribution in [1.82, 2.24) is 9.55 Å². The number of benzene rings is 4. The second-order valence-corrected chi connectivity index (χ2v) is 12.5. The van der Waals surface area contributed by atoms with E-state index in [2.05, 4.69) is 10.3 Å². The van der Waals surface area contributed by atoms with Gasteiger partial charge in [0, 0.05) is 24.4 Å². The van der Waals surface area contributed by atoms with E-state index in [1.54, 1.807) is 58.6 Å². The molecule has 4 atom stereocenters. The number of anilines is 1. The van der Waals surface area contributed by atoms with Gasteiger partial charge in [0.05, 0.1) is 34.0 Å². The topological polar surface area (TPSA) is 140 Å². The van der Waals surface area contributed by atoms with E-state index in [4.69, 9.17) is 28.4 Å². The summed E-state index contributed by atoms with van der Waals surface area (Å²) in [5, 5.41) is 14.5. The van der Waals surface area contributed by atoms with E-state index >= 15 is 0 Å². The van der Waals surface area contributed by atoms with Gasteiger partial charge < -0.3 is 38.8 Å². The van der Waals surface area contributed by atoms with Gasteiger partial charge in [-0.25, -0.2) is 4.79 Å². The van der Waals surface area contributed by atoms with Crippen LogP contribution in [0.3, 0.4) is 0 Å².